The van der Waals surface area contributed by atoms with Gasteiger partial charge in [-0.2, -0.15) is 0 Å². The predicted molar refractivity (Wildman–Crippen MR) is 662 cm³/mol. The summed E-state index contributed by atoms with van der Waals surface area (Å²) in [6, 6.07) is 126. The van der Waals surface area contributed by atoms with Gasteiger partial charge < -0.3 is 46.4 Å². The number of ether oxygens (including phenoxy) is 4. The highest BCUT2D eigenvalue weighted by atomic mass is 16.6. The standard InChI is InChI=1S/C46H42N2.C44H44N2O3.C36H38N2O2.13CH4/c1-4-32-24-26-36(27-25-32)38(6-3)35(5-2)30-33-20-22-34(23-21-33)31-47-42-18-12-10-16-39(42)40-28-29-44-45(46(40)47)41-17-11-13-19-43(41)48(44)37-14-8-7-9-15-37;1-5-36(43(4,6-2)42(47)49-29-44(7-3)27-48-28-44)30-16-15-19-32(26-30)46-37-22-13-11-20-33(37)34-24-25-39-40(41(34)46)35-21-12-14-23-38(35)45(39)31-17-9-8-10-18-31;1-5-35(4,40-24-36(6-2)22-39-23-36)25(3)37-30-18-12-10-16-27(30)28-20-21-32-33(34(28)37)29-17-11-13-19-31(29)38(32)26-14-8-7-9-15-26;;;;;;;;;;;;;/h4,7-29,35,38H,1,5-6,30-31H2,2-3H3;8-26,36H,5-7,27-29H2,1-4H3;7-21,25H,5-6,22-24H2,1-4H3;13*1H4. The molecule has 2 saturated heterocycles. The Balaban J connectivity index is 0.000000264. The van der Waals surface area contributed by atoms with Crippen molar-refractivity contribution in [3.63, 3.8) is 0 Å². The van der Waals surface area contributed by atoms with Crippen LogP contribution in [0.5, 0.6) is 0 Å². The number of esters is 1. The van der Waals surface area contributed by atoms with Crippen LogP contribution >= 0.6 is 0 Å². The highest BCUT2D eigenvalue weighted by molar-refractivity contribution is 6.29. The van der Waals surface area contributed by atoms with Crippen molar-refractivity contribution in [2.24, 2.45) is 22.2 Å². The fourth-order valence-corrected chi connectivity index (χ4v) is 23.1. The molecular weight excluding hydrogens is 1830 g/mol. The maximum absolute atomic E-state index is 14.0. The maximum Gasteiger partial charge on any atom is 0.312 e. The third-order valence-electron chi connectivity index (χ3n) is 31.8. The lowest BCUT2D eigenvalue weighted by atomic mass is 9.70. The van der Waals surface area contributed by atoms with Gasteiger partial charge in [-0.05, 0) is 214 Å². The highest BCUT2D eigenvalue weighted by Gasteiger charge is 2.46. The minimum atomic E-state index is -0.663. The van der Waals surface area contributed by atoms with Gasteiger partial charge >= 0.3 is 5.97 Å². The number of nitrogens with zero attached hydrogens (tertiary/aromatic N) is 6. The Bertz CT molecular complexity index is 8030. The van der Waals surface area contributed by atoms with Crippen LogP contribution in [0.4, 0.5) is 0 Å². The monoisotopic (exact) mass is 2010 g/mol. The molecule has 792 valence electrons. The van der Waals surface area contributed by atoms with E-state index in [-0.39, 0.29) is 131 Å². The number of para-hydroxylation sites is 9. The van der Waals surface area contributed by atoms with Crippen molar-refractivity contribution < 1.29 is 23.7 Å². The van der Waals surface area contributed by atoms with Crippen molar-refractivity contribution in [1.82, 2.24) is 27.4 Å². The molecule has 11 heteroatoms. The number of hydrogen-bond acceptors (Lipinski definition) is 5. The molecule has 0 amide bonds. The zero-order valence-electron chi connectivity index (χ0n) is 80.8. The van der Waals surface area contributed by atoms with Gasteiger partial charge in [-0.3, -0.25) is 4.79 Å². The van der Waals surface area contributed by atoms with Crippen LogP contribution in [0.15, 0.2) is 352 Å². The first-order valence-corrected chi connectivity index (χ1v) is 50.0. The van der Waals surface area contributed by atoms with Crippen molar-refractivity contribution >= 4 is 143 Å². The van der Waals surface area contributed by atoms with Crippen LogP contribution in [0.25, 0.3) is 160 Å². The quantitative estimate of drug-likeness (QED) is 0.0456. The van der Waals surface area contributed by atoms with Gasteiger partial charge in [0.05, 0.1) is 111 Å². The topological polar surface area (TPSA) is 83.6 Å². The predicted octanol–water partition coefficient (Wildman–Crippen LogP) is 40.4. The van der Waals surface area contributed by atoms with Crippen LogP contribution in [0.2, 0.25) is 0 Å². The first-order chi connectivity index (χ1) is 67.1. The second kappa shape index (κ2) is 50.7. The first-order valence-electron chi connectivity index (χ1n) is 50.0. The zero-order chi connectivity index (χ0) is 93.9. The Kier molecular flexibility index (Phi) is 41.0. The third-order valence-corrected chi connectivity index (χ3v) is 31.8. The Labute approximate surface area is 899 Å². The molecule has 6 atom stereocenters. The molecule has 21 aromatic rings. The van der Waals surface area contributed by atoms with Gasteiger partial charge in [-0.25, -0.2) is 0 Å². The largest absolute Gasteiger partial charge is 0.464 e. The summed E-state index contributed by atoms with van der Waals surface area (Å²) in [6.45, 7) is 31.2. The molecule has 0 saturated carbocycles. The number of benzene rings is 15. The Morgan fingerprint density at radius 2 is 0.747 bits per heavy atom. The van der Waals surface area contributed by atoms with Gasteiger partial charge in [0.1, 0.15) is 6.61 Å². The van der Waals surface area contributed by atoms with Gasteiger partial charge in [0.2, 0.25) is 0 Å². The van der Waals surface area contributed by atoms with Gasteiger partial charge in [0, 0.05) is 110 Å². The van der Waals surface area contributed by atoms with Crippen molar-refractivity contribution in [2.75, 3.05) is 39.6 Å². The number of aromatic nitrogens is 6. The molecule has 15 aromatic carbocycles. The zero-order valence-corrected chi connectivity index (χ0v) is 80.8. The molecule has 0 N–H and O–H groups in total. The lowest BCUT2D eigenvalue weighted by Gasteiger charge is -2.45. The van der Waals surface area contributed by atoms with Gasteiger partial charge in [-0.15, -0.1) is 0 Å². The smallest absolute Gasteiger partial charge is 0.312 e. The second-order valence-electron chi connectivity index (χ2n) is 39.3. The summed E-state index contributed by atoms with van der Waals surface area (Å²) in [4.78, 5) is 14.0. The summed E-state index contributed by atoms with van der Waals surface area (Å²) in [7, 11) is 0. The van der Waals surface area contributed by atoms with E-state index in [9.17, 15) is 4.79 Å². The Hall–Kier alpha value is -13.8. The maximum atomic E-state index is 14.0. The lowest BCUT2D eigenvalue weighted by molar-refractivity contribution is -0.185. The molecule has 0 radical (unpaired) electrons. The summed E-state index contributed by atoms with van der Waals surface area (Å²) in [6.07, 6.45) is 9.79. The number of carbonyl (C=O) groups excluding carboxylic acids is 1. The number of carbonyl (C=O) groups is 1. The molecule has 0 bridgehead atoms. The van der Waals surface area contributed by atoms with Crippen molar-refractivity contribution in [1.29, 1.82) is 0 Å². The molecule has 2 aliphatic heterocycles. The van der Waals surface area contributed by atoms with Crippen molar-refractivity contribution in [3.05, 3.63) is 380 Å². The van der Waals surface area contributed by atoms with E-state index in [0.29, 0.717) is 38.1 Å². The van der Waals surface area contributed by atoms with E-state index in [1.807, 2.05) is 6.08 Å². The van der Waals surface area contributed by atoms with Crippen LogP contribution in [-0.2, 0) is 36.7 Å². The number of rotatable bonds is 28. The average molecular weight is 2010 g/mol. The summed E-state index contributed by atoms with van der Waals surface area (Å²) in [5, 5.41) is 15.3. The fraction of sp³-hybridized carbons (Fsp3) is 0.331. The Morgan fingerprint density at radius 3 is 1.17 bits per heavy atom. The van der Waals surface area contributed by atoms with E-state index in [2.05, 4.69) is 449 Å². The third kappa shape index (κ3) is 21.1. The molecule has 8 heterocycles. The SMILES string of the molecule is C.C.C.C.C.C.C.C.C.C.C.C.C.C=Cc1ccc(C(CC)C(CC)Cc2ccc(Cn3c4ccccc4c4ccc5c(c6ccccc6n5-c5ccccc5)c43)cc2)cc1.CCC(c1cccc(-n2c3ccccc3c3ccc4c(c5ccccc5n4-c4ccccc4)c32)c1)C(C)(CC)C(=O)OCC1(CC)COC1.CCC1(COC(C)(CC)C(C)n2c3ccccc3c3ccc4c(c5ccccc5n4-c4ccccc4)c32)COC1. The molecular formula is C139H176N6O5. The molecule has 23 rings (SSSR count). The van der Waals surface area contributed by atoms with Crippen molar-refractivity contribution in [2.45, 2.75) is 247 Å². The fourth-order valence-electron chi connectivity index (χ4n) is 23.1. The van der Waals surface area contributed by atoms with E-state index in [1.54, 1.807) is 0 Å². The molecule has 150 heavy (non-hydrogen) atoms. The molecule has 6 unspecified atom stereocenters. The molecule has 0 spiro atoms. The normalized spacial score (nSPS) is 14.1. The van der Waals surface area contributed by atoms with E-state index in [1.165, 1.54) is 159 Å². The van der Waals surface area contributed by atoms with Crippen LogP contribution in [0.1, 0.15) is 256 Å². The first kappa shape index (κ1) is 121. The van der Waals surface area contributed by atoms with Gasteiger partial charge in [-0.1, -0.05) is 407 Å². The average Bonchev–Trinajstić information content (AvgIpc) is 1.55. The summed E-state index contributed by atoms with van der Waals surface area (Å²) in [5.74, 6) is 1.03. The molecule has 2 fully saturated rings. The van der Waals surface area contributed by atoms with Crippen molar-refractivity contribution in [3.8, 4) is 22.7 Å². The molecule has 11 nitrogen and oxygen atoms in total. The summed E-state index contributed by atoms with van der Waals surface area (Å²) in [5.41, 5.74) is 25.0. The lowest BCUT2D eigenvalue weighted by Crippen LogP contribution is -2.49. The molecule has 2 aliphatic rings. The summed E-state index contributed by atoms with van der Waals surface area (Å²) >= 11 is 0. The van der Waals surface area contributed by atoms with Crippen LogP contribution in [0.3, 0.4) is 0 Å². The molecule has 0 aliphatic carbocycles. The molecule has 6 aromatic heterocycles. The Morgan fingerprint density at radius 1 is 0.360 bits per heavy atom. The highest BCUT2D eigenvalue weighted by Crippen LogP contribution is 2.51. The van der Waals surface area contributed by atoms with E-state index in [4.69, 9.17) is 18.9 Å². The second-order valence-corrected chi connectivity index (χ2v) is 39.3. The number of hydrogen-bond donors (Lipinski definition) is 0. The number of fused-ring (bicyclic) bond motifs is 21. The van der Waals surface area contributed by atoms with E-state index < -0.39 is 5.41 Å². The minimum absolute atomic E-state index is 0. The van der Waals surface area contributed by atoms with Crippen LogP contribution < -0.4 is 0 Å². The van der Waals surface area contributed by atoms with Gasteiger partial charge in [0.25, 0.3) is 0 Å². The van der Waals surface area contributed by atoms with Crippen LogP contribution in [-0.4, -0.2) is 78.6 Å². The van der Waals surface area contributed by atoms with Gasteiger partial charge in [0.15, 0.2) is 0 Å². The minimum Gasteiger partial charge on any atom is -0.464 e. The van der Waals surface area contributed by atoms with E-state index in [0.717, 1.165) is 93.8 Å². The van der Waals surface area contributed by atoms with Crippen LogP contribution in [0, 0.1) is 22.2 Å². The summed E-state index contributed by atoms with van der Waals surface area (Å²) < 4.78 is 38.9. The van der Waals surface area contributed by atoms with E-state index >= 15 is 0 Å².